The van der Waals surface area contributed by atoms with Crippen molar-refractivity contribution in [2.24, 2.45) is 10.2 Å². The number of fused-ring (bicyclic) bond motifs is 3. The molecule has 0 amide bonds. The van der Waals surface area contributed by atoms with Gasteiger partial charge in [0.2, 0.25) is 0 Å². The van der Waals surface area contributed by atoms with Crippen LogP contribution in [0.4, 0.5) is 11.6 Å². The molecule has 2 aromatic rings. The van der Waals surface area contributed by atoms with E-state index in [9.17, 15) is 0 Å². The summed E-state index contributed by atoms with van der Waals surface area (Å²) in [5, 5.41) is 19.2. The normalized spacial score (nSPS) is 25.2. The maximum Gasteiger partial charge on any atom is 0.267 e. The maximum atomic E-state index is 4.14. The Labute approximate surface area is 153 Å². The first-order valence-corrected chi connectivity index (χ1v) is 9.46. The zero-order valence-corrected chi connectivity index (χ0v) is 15.1. The fraction of sp³-hybridized carbons (Fsp3) is 0.556. The average Bonchev–Trinajstić information content (AvgIpc) is 3.22. The molecule has 8 heteroatoms. The number of benzene rings is 1. The monoisotopic (exact) mass is 355 g/mol. The first-order chi connectivity index (χ1) is 12.8. The van der Waals surface area contributed by atoms with Crippen molar-refractivity contribution in [2.75, 3.05) is 58.9 Å². The number of H-pyrrole nitrogens is 1. The minimum absolute atomic E-state index is 0.416. The third-order valence-electron chi connectivity index (χ3n) is 5.63. The topological polar surface area (TPSA) is 81.6 Å². The van der Waals surface area contributed by atoms with Crippen molar-refractivity contribution in [2.45, 2.75) is 6.42 Å². The number of hydrogen-bond acceptors (Lipinski definition) is 6. The highest BCUT2D eigenvalue weighted by atomic mass is 15.5. The van der Waals surface area contributed by atoms with Crippen LogP contribution in [0.25, 0.3) is 0 Å². The van der Waals surface area contributed by atoms with E-state index in [1.807, 2.05) is 12.1 Å². The van der Waals surface area contributed by atoms with E-state index < -0.39 is 0 Å². The van der Waals surface area contributed by atoms with Gasteiger partial charge in [-0.2, -0.15) is 0 Å². The number of quaternary nitrogens is 1. The molecule has 1 aromatic carbocycles. The minimum Gasteiger partial charge on any atom is -0.319 e. The highest BCUT2D eigenvalue weighted by molar-refractivity contribution is 5.38. The summed E-state index contributed by atoms with van der Waals surface area (Å²) in [4.78, 5) is 5.40. The Morgan fingerprint density at radius 3 is 2.50 bits per heavy atom. The molecule has 0 radical (unpaired) electrons. The molecule has 3 saturated heterocycles. The fourth-order valence-electron chi connectivity index (χ4n) is 3.82. The van der Waals surface area contributed by atoms with Crippen LogP contribution in [-0.4, -0.2) is 83.5 Å². The second-order valence-electron chi connectivity index (χ2n) is 7.26. The minimum atomic E-state index is 0.416. The molecule has 3 aliphatic heterocycles. The lowest BCUT2D eigenvalue weighted by atomic mass is 10.1. The van der Waals surface area contributed by atoms with E-state index in [1.165, 1.54) is 62.2 Å². The van der Waals surface area contributed by atoms with Crippen LogP contribution in [0, 0.1) is 0 Å². The van der Waals surface area contributed by atoms with E-state index in [0.717, 1.165) is 25.2 Å². The molecule has 26 heavy (non-hydrogen) atoms. The molecule has 3 fully saturated rings. The van der Waals surface area contributed by atoms with Gasteiger partial charge in [0.15, 0.2) is 0 Å². The largest absolute Gasteiger partial charge is 0.319 e. The number of rotatable bonds is 8. The van der Waals surface area contributed by atoms with E-state index in [0.29, 0.717) is 5.95 Å². The second-order valence-corrected chi connectivity index (χ2v) is 7.26. The Bertz CT molecular complexity index is 688. The van der Waals surface area contributed by atoms with E-state index in [1.54, 1.807) is 0 Å². The Hall–Kier alpha value is -2.16. The Kier molecular flexibility index (Phi) is 5.33. The van der Waals surface area contributed by atoms with Gasteiger partial charge in [-0.1, -0.05) is 12.1 Å². The summed E-state index contributed by atoms with van der Waals surface area (Å²) in [5.41, 5.74) is 2.13. The third kappa shape index (κ3) is 4.32. The van der Waals surface area contributed by atoms with Gasteiger partial charge in [-0.15, -0.1) is 20.4 Å². The smallest absolute Gasteiger partial charge is 0.267 e. The molecule has 0 saturated carbocycles. The highest BCUT2D eigenvalue weighted by Crippen LogP contribution is 2.18. The van der Waals surface area contributed by atoms with Gasteiger partial charge in [0.1, 0.15) is 6.33 Å². The predicted molar refractivity (Wildman–Crippen MR) is 99.7 cm³/mol. The molecule has 0 unspecified atom stereocenters. The van der Waals surface area contributed by atoms with Crippen molar-refractivity contribution in [1.82, 2.24) is 25.4 Å². The summed E-state index contributed by atoms with van der Waals surface area (Å²) in [6.45, 7) is 11.3. The third-order valence-corrected chi connectivity index (χ3v) is 5.63. The van der Waals surface area contributed by atoms with Gasteiger partial charge >= 0.3 is 0 Å². The van der Waals surface area contributed by atoms with Crippen molar-refractivity contribution in [1.29, 1.82) is 0 Å². The predicted octanol–water partition coefficient (Wildman–Crippen LogP) is 1.50. The fourth-order valence-corrected chi connectivity index (χ4v) is 3.82. The number of hydrogen-bond donors (Lipinski definition) is 2. The van der Waals surface area contributed by atoms with Crippen LogP contribution in [0.3, 0.4) is 0 Å². The summed E-state index contributed by atoms with van der Waals surface area (Å²) < 4.78 is 1.33. The Balaban J connectivity index is 1.17. The number of piperazine rings is 3. The van der Waals surface area contributed by atoms with Gasteiger partial charge in [0, 0.05) is 26.2 Å². The number of nitrogens with one attached hydrogen (secondary N) is 2. The molecule has 0 spiro atoms. The molecule has 4 heterocycles. The van der Waals surface area contributed by atoms with Crippen molar-refractivity contribution in [3.05, 3.63) is 36.2 Å². The van der Waals surface area contributed by atoms with E-state index in [2.05, 4.69) is 47.8 Å². The lowest BCUT2D eigenvalue weighted by Crippen LogP contribution is -2.68. The molecule has 0 aliphatic carbocycles. The summed E-state index contributed by atoms with van der Waals surface area (Å²) >= 11 is 0. The second kappa shape index (κ2) is 8.03. The lowest BCUT2D eigenvalue weighted by molar-refractivity contribution is -0.939. The zero-order chi connectivity index (χ0) is 17.7. The van der Waals surface area contributed by atoms with Crippen molar-refractivity contribution in [3.63, 3.8) is 0 Å². The summed E-state index contributed by atoms with van der Waals surface area (Å²) in [6.07, 6.45) is 2.52. The quantitative estimate of drug-likeness (QED) is 0.427. The molecule has 8 nitrogen and oxygen atoms in total. The highest BCUT2D eigenvalue weighted by Gasteiger charge is 2.37. The van der Waals surface area contributed by atoms with Crippen LogP contribution in [0.1, 0.15) is 5.56 Å². The van der Waals surface area contributed by atoms with Crippen LogP contribution in [0.5, 0.6) is 0 Å². The van der Waals surface area contributed by atoms with Crippen LogP contribution in [-0.2, 0) is 6.42 Å². The van der Waals surface area contributed by atoms with Crippen LogP contribution < -0.4 is 5.32 Å². The van der Waals surface area contributed by atoms with E-state index >= 15 is 0 Å². The molecular formula is C18H27N8+. The van der Waals surface area contributed by atoms with Crippen LogP contribution in [0.15, 0.2) is 40.8 Å². The first-order valence-electron chi connectivity index (χ1n) is 9.46. The van der Waals surface area contributed by atoms with Gasteiger partial charge in [-0.3, -0.25) is 4.90 Å². The molecule has 3 aliphatic rings. The molecule has 2 N–H and O–H groups in total. The van der Waals surface area contributed by atoms with Crippen molar-refractivity contribution in [3.8, 4) is 0 Å². The summed E-state index contributed by atoms with van der Waals surface area (Å²) in [5.74, 6) is 0.416. The Morgan fingerprint density at radius 2 is 1.81 bits per heavy atom. The molecule has 5 rings (SSSR count). The molecule has 0 atom stereocenters. The summed E-state index contributed by atoms with van der Waals surface area (Å²) in [7, 11) is 0. The first kappa shape index (κ1) is 17.3. The SMILES string of the molecule is c1nnc(N=Nc2ccc(CCNCC[N+]34CCN(CC3)CC4)cc2)[nH]1. The molecular weight excluding hydrogens is 328 g/mol. The summed E-state index contributed by atoms with van der Waals surface area (Å²) in [6, 6.07) is 8.20. The number of azo groups is 1. The molecule has 1 aromatic heterocycles. The van der Waals surface area contributed by atoms with Crippen LogP contribution in [0.2, 0.25) is 0 Å². The van der Waals surface area contributed by atoms with Crippen molar-refractivity contribution < 1.29 is 4.48 Å². The average molecular weight is 355 g/mol. The number of aromatic amines is 1. The molecule has 2 bridgehead atoms. The van der Waals surface area contributed by atoms with Gasteiger partial charge in [0.05, 0.1) is 31.9 Å². The standard InChI is InChI=1S/C18H27N8/c1-3-17(22-24-18-20-15-21-23-18)4-2-16(1)5-6-19-7-11-26-12-8-25(9-13-26)10-14-26/h1-4,15,19H,5-14H2,(H,20,21,23)/q+1. The van der Waals surface area contributed by atoms with Gasteiger partial charge in [-0.25, -0.2) is 0 Å². The van der Waals surface area contributed by atoms with Gasteiger partial charge in [0.25, 0.3) is 5.95 Å². The molecule has 138 valence electrons. The van der Waals surface area contributed by atoms with E-state index in [4.69, 9.17) is 0 Å². The number of nitrogens with zero attached hydrogens (tertiary/aromatic N) is 6. The maximum absolute atomic E-state index is 4.14. The van der Waals surface area contributed by atoms with Gasteiger partial charge < -0.3 is 14.8 Å². The lowest BCUT2D eigenvalue weighted by Gasteiger charge is -2.50. The van der Waals surface area contributed by atoms with E-state index in [-0.39, 0.29) is 0 Å². The van der Waals surface area contributed by atoms with Crippen LogP contribution >= 0.6 is 0 Å². The van der Waals surface area contributed by atoms with Gasteiger partial charge in [-0.05, 0) is 30.7 Å². The Morgan fingerprint density at radius 1 is 1.04 bits per heavy atom. The van der Waals surface area contributed by atoms with Crippen molar-refractivity contribution >= 4 is 11.6 Å². The zero-order valence-electron chi connectivity index (χ0n) is 15.1. The number of aromatic nitrogens is 3.